The summed E-state index contributed by atoms with van der Waals surface area (Å²) >= 11 is 0. The van der Waals surface area contributed by atoms with E-state index in [0.717, 1.165) is 25.9 Å². The number of hydrogen-bond donors (Lipinski definition) is 4. The highest BCUT2D eigenvalue weighted by molar-refractivity contribution is 5.79. The monoisotopic (exact) mass is 264 g/mol. The number of aliphatic hydroxyl groups excluding tert-OH is 2. The minimum Gasteiger partial charge on any atom is -0.385 e. The van der Waals surface area contributed by atoms with Crippen LogP contribution in [-0.2, 0) is 4.79 Å². The van der Waals surface area contributed by atoms with Gasteiger partial charge in [-0.1, -0.05) is 24.3 Å². The molecule has 0 saturated carbocycles. The molecule has 1 aromatic carbocycles. The fourth-order valence-corrected chi connectivity index (χ4v) is 2.46. The SMILES string of the molecule is NC(=O)C(O)C(O)c1ccc(C2CCNCC2)cc1. The molecule has 0 radical (unpaired) electrons. The molecular formula is C14H20N2O3. The maximum absolute atomic E-state index is 10.8. The smallest absolute Gasteiger partial charge is 0.249 e. The molecule has 5 nitrogen and oxygen atoms in total. The fourth-order valence-electron chi connectivity index (χ4n) is 2.46. The van der Waals surface area contributed by atoms with Gasteiger partial charge in [0.25, 0.3) is 0 Å². The standard InChI is InChI=1S/C14H20N2O3/c15-14(19)13(18)12(17)11-3-1-9(2-4-11)10-5-7-16-8-6-10/h1-4,10,12-13,16-18H,5-8H2,(H2,15,19). The third-order valence-electron chi connectivity index (χ3n) is 3.68. The molecule has 0 bridgehead atoms. The highest BCUT2D eigenvalue weighted by atomic mass is 16.3. The predicted octanol–water partition coefficient (Wildman–Crippen LogP) is 0.0332. The maximum atomic E-state index is 10.8. The minimum atomic E-state index is -1.57. The van der Waals surface area contributed by atoms with Crippen molar-refractivity contribution in [3.63, 3.8) is 0 Å². The van der Waals surface area contributed by atoms with Crippen LogP contribution >= 0.6 is 0 Å². The van der Waals surface area contributed by atoms with Gasteiger partial charge < -0.3 is 21.3 Å². The Labute approximate surface area is 112 Å². The predicted molar refractivity (Wildman–Crippen MR) is 71.4 cm³/mol. The molecule has 2 rings (SSSR count). The van der Waals surface area contributed by atoms with E-state index in [9.17, 15) is 15.0 Å². The number of primary amides is 1. The van der Waals surface area contributed by atoms with Crippen LogP contribution in [0.3, 0.4) is 0 Å². The molecule has 1 fully saturated rings. The van der Waals surface area contributed by atoms with E-state index < -0.39 is 18.1 Å². The molecule has 0 aromatic heterocycles. The lowest BCUT2D eigenvalue weighted by Gasteiger charge is -2.23. The van der Waals surface area contributed by atoms with Crippen molar-refractivity contribution in [3.05, 3.63) is 35.4 Å². The number of carbonyl (C=O) groups is 1. The van der Waals surface area contributed by atoms with Gasteiger partial charge in [0, 0.05) is 0 Å². The minimum absolute atomic E-state index is 0.504. The molecule has 2 unspecified atom stereocenters. The van der Waals surface area contributed by atoms with Crippen LogP contribution in [0.4, 0.5) is 0 Å². The van der Waals surface area contributed by atoms with Gasteiger partial charge >= 0.3 is 0 Å². The molecule has 5 heteroatoms. The van der Waals surface area contributed by atoms with Crippen molar-refractivity contribution in [2.24, 2.45) is 5.73 Å². The molecule has 0 aliphatic carbocycles. The lowest BCUT2D eigenvalue weighted by Crippen LogP contribution is -2.33. The Morgan fingerprint density at radius 3 is 2.32 bits per heavy atom. The quantitative estimate of drug-likeness (QED) is 0.617. The van der Waals surface area contributed by atoms with E-state index >= 15 is 0 Å². The lowest BCUT2D eigenvalue weighted by molar-refractivity contribution is -0.131. The zero-order valence-electron chi connectivity index (χ0n) is 10.7. The molecule has 1 amide bonds. The molecule has 1 aliphatic heterocycles. The number of aliphatic hydroxyl groups is 2. The summed E-state index contributed by atoms with van der Waals surface area (Å²) in [4.78, 5) is 10.8. The third-order valence-corrected chi connectivity index (χ3v) is 3.68. The summed E-state index contributed by atoms with van der Waals surface area (Å²) in [7, 11) is 0. The average molecular weight is 264 g/mol. The van der Waals surface area contributed by atoms with Crippen LogP contribution in [0.15, 0.2) is 24.3 Å². The molecule has 1 heterocycles. The summed E-state index contributed by atoms with van der Waals surface area (Å²) < 4.78 is 0. The van der Waals surface area contributed by atoms with Gasteiger partial charge in [0.1, 0.15) is 6.10 Å². The Morgan fingerprint density at radius 1 is 1.21 bits per heavy atom. The van der Waals surface area contributed by atoms with Crippen molar-refractivity contribution in [2.75, 3.05) is 13.1 Å². The second-order valence-corrected chi connectivity index (χ2v) is 4.98. The van der Waals surface area contributed by atoms with Crippen LogP contribution < -0.4 is 11.1 Å². The summed E-state index contributed by atoms with van der Waals surface area (Å²) in [5, 5.41) is 22.6. The number of rotatable bonds is 4. The van der Waals surface area contributed by atoms with Crippen molar-refractivity contribution in [3.8, 4) is 0 Å². The van der Waals surface area contributed by atoms with E-state index in [4.69, 9.17) is 5.73 Å². The van der Waals surface area contributed by atoms with Crippen LogP contribution in [0.1, 0.15) is 36.0 Å². The molecule has 2 atom stereocenters. The Hall–Kier alpha value is -1.43. The second kappa shape index (κ2) is 6.14. The van der Waals surface area contributed by atoms with Gasteiger partial charge in [0.15, 0.2) is 6.10 Å². The van der Waals surface area contributed by atoms with Crippen LogP contribution in [0.5, 0.6) is 0 Å². The first-order valence-electron chi connectivity index (χ1n) is 6.55. The van der Waals surface area contributed by atoms with E-state index in [-0.39, 0.29) is 0 Å². The van der Waals surface area contributed by atoms with Gasteiger partial charge in [-0.2, -0.15) is 0 Å². The maximum Gasteiger partial charge on any atom is 0.249 e. The summed E-state index contributed by atoms with van der Waals surface area (Å²) in [6.07, 6.45) is -0.623. The number of benzene rings is 1. The fraction of sp³-hybridized carbons (Fsp3) is 0.500. The van der Waals surface area contributed by atoms with E-state index in [1.807, 2.05) is 12.1 Å². The van der Waals surface area contributed by atoms with Crippen LogP contribution in [0.2, 0.25) is 0 Å². The van der Waals surface area contributed by atoms with Crippen LogP contribution in [0, 0.1) is 0 Å². The number of amides is 1. The Morgan fingerprint density at radius 2 is 1.79 bits per heavy atom. The number of piperidine rings is 1. The van der Waals surface area contributed by atoms with Gasteiger partial charge in [-0.15, -0.1) is 0 Å². The molecular weight excluding hydrogens is 244 g/mol. The zero-order chi connectivity index (χ0) is 13.8. The highest BCUT2D eigenvalue weighted by Gasteiger charge is 2.23. The third kappa shape index (κ3) is 3.32. The number of carbonyl (C=O) groups excluding carboxylic acids is 1. The normalized spacial score (nSPS) is 19.9. The summed E-state index contributed by atoms with van der Waals surface area (Å²) in [5.41, 5.74) is 6.70. The Balaban J connectivity index is 2.07. The Bertz CT molecular complexity index is 427. The number of hydrogen-bond acceptors (Lipinski definition) is 4. The topological polar surface area (TPSA) is 95.6 Å². The number of nitrogens with two attached hydrogens (primary N) is 1. The van der Waals surface area contributed by atoms with E-state index in [2.05, 4.69) is 5.32 Å². The second-order valence-electron chi connectivity index (χ2n) is 4.98. The molecule has 19 heavy (non-hydrogen) atoms. The first kappa shape index (κ1) is 14.0. The van der Waals surface area contributed by atoms with E-state index in [1.54, 1.807) is 12.1 Å². The van der Waals surface area contributed by atoms with Gasteiger partial charge in [-0.3, -0.25) is 4.79 Å². The summed E-state index contributed by atoms with van der Waals surface area (Å²) in [5.74, 6) is -0.386. The Kier molecular flexibility index (Phi) is 4.52. The first-order valence-corrected chi connectivity index (χ1v) is 6.55. The lowest BCUT2D eigenvalue weighted by atomic mass is 9.89. The van der Waals surface area contributed by atoms with Gasteiger partial charge in [-0.05, 0) is 43.0 Å². The van der Waals surface area contributed by atoms with Crippen LogP contribution in [0.25, 0.3) is 0 Å². The molecule has 104 valence electrons. The first-order chi connectivity index (χ1) is 9.09. The largest absolute Gasteiger partial charge is 0.385 e. The van der Waals surface area contributed by atoms with Crippen molar-refractivity contribution in [2.45, 2.75) is 31.0 Å². The van der Waals surface area contributed by atoms with Crippen molar-refractivity contribution < 1.29 is 15.0 Å². The molecule has 5 N–H and O–H groups in total. The van der Waals surface area contributed by atoms with Crippen molar-refractivity contribution in [1.82, 2.24) is 5.32 Å². The summed E-state index contributed by atoms with van der Waals surface area (Å²) in [6, 6.07) is 7.38. The number of nitrogens with one attached hydrogen (secondary N) is 1. The van der Waals surface area contributed by atoms with Crippen molar-refractivity contribution in [1.29, 1.82) is 0 Å². The van der Waals surface area contributed by atoms with Crippen LogP contribution in [-0.4, -0.2) is 35.3 Å². The van der Waals surface area contributed by atoms with E-state index in [0.29, 0.717) is 11.5 Å². The average Bonchev–Trinajstić information content (AvgIpc) is 2.46. The van der Waals surface area contributed by atoms with Gasteiger partial charge in [0.2, 0.25) is 5.91 Å². The van der Waals surface area contributed by atoms with Gasteiger partial charge in [0.05, 0.1) is 0 Å². The molecule has 1 saturated heterocycles. The molecule has 0 spiro atoms. The molecule has 1 aromatic rings. The van der Waals surface area contributed by atoms with Gasteiger partial charge in [-0.25, -0.2) is 0 Å². The summed E-state index contributed by atoms with van der Waals surface area (Å²) in [6.45, 7) is 2.05. The molecule has 1 aliphatic rings. The zero-order valence-corrected chi connectivity index (χ0v) is 10.7. The highest BCUT2D eigenvalue weighted by Crippen LogP contribution is 2.26. The van der Waals surface area contributed by atoms with Crippen molar-refractivity contribution >= 4 is 5.91 Å². The van der Waals surface area contributed by atoms with E-state index in [1.165, 1.54) is 5.56 Å².